The molecule has 0 amide bonds. The van der Waals surface area contributed by atoms with Crippen molar-refractivity contribution in [2.24, 2.45) is 34.5 Å². The second-order valence-electron chi connectivity index (χ2n) is 11.5. The minimum atomic E-state index is -1.15. The van der Waals surface area contributed by atoms with Crippen molar-refractivity contribution < 1.29 is 24.6 Å². The van der Waals surface area contributed by atoms with E-state index in [0.29, 0.717) is 19.5 Å². The average molecular weight is 468 g/mol. The Balaban J connectivity index is 1.37. The first kappa shape index (κ1) is 22.3. The Morgan fingerprint density at radius 2 is 2.21 bits per heavy atom. The van der Waals surface area contributed by atoms with Crippen LogP contribution in [0.5, 0.6) is 0 Å². The van der Waals surface area contributed by atoms with Crippen molar-refractivity contribution in [3.05, 3.63) is 42.0 Å². The second kappa shape index (κ2) is 7.43. The van der Waals surface area contributed by atoms with Crippen LogP contribution in [0, 0.1) is 34.5 Å². The molecule has 1 aromatic heterocycles. The molecule has 8 heteroatoms. The lowest BCUT2D eigenvalue weighted by Gasteiger charge is -2.59. The Morgan fingerprint density at radius 1 is 1.38 bits per heavy atom. The first-order valence-corrected chi connectivity index (χ1v) is 12.4. The molecule has 4 aliphatic carbocycles. The molecule has 3 N–H and O–H groups in total. The topological polar surface area (TPSA) is 116 Å². The Kier molecular flexibility index (Phi) is 4.88. The molecule has 0 spiro atoms. The van der Waals surface area contributed by atoms with Crippen LogP contribution < -0.4 is 0 Å². The summed E-state index contributed by atoms with van der Waals surface area (Å²) < 4.78 is 0. The number of aromatic nitrogens is 2. The normalized spacial score (nSPS) is 45.4. The van der Waals surface area contributed by atoms with Crippen LogP contribution in [0.25, 0.3) is 0 Å². The average Bonchev–Trinajstić information content (AvgIpc) is 3.49. The highest BCUT2D eigenvalue weighted by Gasteiger charge is 2.75. The molecule has 5 aliphatic rings. The predicted molar refractivity (Wildman–Crippen MR) is 122 cm³/mol. The minimum absolute atomic E-state index is 0.00359. The number of H-pyrrole nitrogens is 1. The maximum absolute atomic E-state index is 13.5. The molecule has 34 heavy (non-hydrogen) atoms. The van der Waals surface area contributed by atoms with Gasteiger partial charge in [-0.2, -0.15) is 5.06 Å². The van der Waals surface area contributed by atoms with E-state index < -0.39 is 23.7 Å². The summed E-state index contributed by atoms with van der Waals surface area (Å²) in [7, 11) is 0. The number of hydrogen-bond donors (Lipinski definition) is 3. The molecular formula is C26H33N3O5. The van der Waals surface area contributed by atoms with Gasteiger partial charge in [-0.1, -0.05) is 25.5 Å². The quantitative estimate of drug-likeness (QED) is 0.620. The van der Waals surface area contributed by atoms with Crippen molar-refractivity contribution in [2.75, 3.05) is 13.2 Å². The molecule has 2 heterocycles. The van der Waals surface area contributed by atoms with Crippen LogP contribution >= 0.6 is 0 Å². The summed E-state index contributed by atoms with van der Waals surface area (Å²) in [5.74, 6) is 0.0913. The number of nitrogens with one attached hydrogen (secondary N) is 1. The standard InChI is InChI=1S/C26H33N3O5/c1-24-6-5-18(31)7-15(24)3-4-19-20-8-16-11-29(12-17-10-27-14-28-17)34-26(16,22(33)13-30)25(20,2)9-21(32)23(19)24/h5-7,10,14,16,19-21,23,30,32H,3-4,8-9,11-13H2,1-2H3,(H,27,28). The number of aliphatic hydroxyl groups excluding tert-OH is 2. The van der Waals surface area contributed by atoms with E-state index in [1.165, 1.54) is 0 Å². The summed E-state index contributed by atoms with van der Waals surface area (Å²) in [6.45, 7) is 4.75. The number of aromatic amines is 1. The zero-order valence-corrected chi connectivity index (χ0v) is 19.7. The van der Waals surface area contributed by atoms with Crippen molar-refractivity contribution in [2.45, 2.75) is 57.8 Å². The van der Waals surface area contributed by atoms with Gasteiger partial charge in [0.25, 0.3) is 0 Å². The fraction of sp³-hybridized carbons (Fsp3) is 0.654. The molecule has 3 saturated carbocycles. The van der Waals surface area contributed by atoms with Crippen LogP contribution in [0.15, 0.2) is 36.3 Å². The lowest BCUT2D eigenvalue weighted by atomic mass is 9.46. The third kappa shape index (κ3) is 2.77. The van der Waals surface area contributed by atoms with Gasteiger partial charge in [0.1, 0.15) is 6.61 Å². The number of imidazole rings is 1. The zero-order valence-electron chi connectivity index (χ0n) is 19.7. The van der Waals surface area contributed by atoms with E-state index >= 15 is 0 Å². The fourth-order valence-electron chi connectivity index (χ4n) is 8.71. The molecule has 8 unspecified atom stereocenters. The summed E-state index contributed by atoms with van der Waals surface area (Å²) in [4.78, 5) is 39.2. The number of ketones is 2. The predicted octanol–water partition coefficient (Wildman–Crippen LogP) is 1.96. The molecule has 6 rings (SSSR count). The number of carbonyl (C=O) groups excluding carboxylic acids is 2. The highest BCUT2D eigenvalue weighted by atomic mass is 16.7. The van der Waals surface area contributed by atoms with Crippen LogP contribution in [-0.2, 0) is 21.0 Å². The Bertz CT molecular complexity index is 1080. The van der Waals surface area contributed by atoms with Gasteiger partial charge in [-0.3, -0.25) is 14.4 Å². The molecule has 8 nitrogen and oxygen atoms in total. The number of carbonyl (C=O) groups is 2. The summed E-state index contributed by atoms with van der Waals surface area (Å²) >= 11 is 0. The van der Waals surface area contributed by atoms with Crippen molar-refractivity contribution >= 4 is 11.6 Å². The number of hydroxylamine groups is 2. The molecule has 4 fully saturated rings. The summed E-state index contributed by atoms with van der Waals surface area (Å²) in [6.07, 6.45) is 11.1. The van der Waals surface area contributed by atoms with Crippen molar-refractivity contribution in [3.8, 4) is 0 Å². The number of rotatable bonds is 4. The third-order valence-electron chi connectivity index (χ3n) is 10.0. The van der Waals surface area contributed by atoms with Gasteiger partial charge in [0.15, 0.2) is 17.2 Å². The first-order chi connectivity index (χ1) is 16.2. The highest BCUT2D eigenvalue weighted by molar-refractivity contribution is 6.01. The van der Waals surface area contributed by atoms with E-state index in [1.807, 2.05) is 11.1 Å². The lowest BCUT2D eigenvalue weighted by molar-refractivity contribution is -0.254. The van der Waals surface area contributed by atoms with Gasteiger partial charge in [-0.15, -0.1) is 0 Å². The fourth-order valence-corrected chi connectivity index (χ4v) is 8.71. The molecule has 1 aromatic rings. The molecule has 0 bridgehead atoms. The van der Waals surface area contributed by atoms with Crippen LogP contribution in [0.3, 0.4) is 0 Å². The zero-order chi connectivity index (χ0) is 23.9. The highest BCUT2D eigenvalue weighted by Crippen LogP contribution is 2.70. The van der Waals surface area contributed by atoms with E-state index in [9.17, 15) is 19.8 Å². The van der Waals surface area contributed by atoms with Crippen LogP contribution in [0.2, 0.25) is 0 Å². The molecule has 0 aromatic carbocycles. The Labute approximate surface area is 199 Å². The maximum atomic E-state index is 13.5. The number of fused-ring (bicyclic) bond motifs is 7. The van der Waals surface area contributed by atoms with Crippen LogP contribution in [0.1, 0.15) is 45.2 Å². The maximum Gasteiger partial charge on any atom is 0.192 e. The lowest BCUT2D eigenvalue weighted by Crippen LogP contribution is -2.63. The summed E-state index contributed by atoms with van der Waals surface area (Å²) in [5, 5.41) is 23.5. The van der Waals surface area contributed by atoms with Crippen LogP contribution in [-0.4, -0.2) is 61.7 Å². The molecule has 0 radical (unpaired) electrons. The van der Waals surface area contributed by atoms with E-state index in [1.54, 1.807) is 24.7 Å². The van der Waals surface area contributed by atoms with Gasteiger partial charge in [-0.05, 0) is 49.7 Å². The van der Waals surface area contributed by atoms with Gasteiger partial charge in [0.05, 0.1) is 24.7 Å². The molecular weight excluding hydrogens is 434 g/mol. The van der Waals surface area contributed by atoms with Gasteiger partial charge in [0.2, 0.25) is 0 Å². The van der Waals surface area contributed by atoms with Crippen molar-refractivity contribution in [1.82, 2.24) is 15.0 Å². The van der Waals surface area contributed by atoms with E-state index in [0.717, 1.165) is 30.5 Å². The van der Waals surface area contributed by atoms with Crippen LogP contribution in [0.4, 0.5) is 0 Å². The van der Waals surface area contributed by atoms with E-state index in [4.69, 9.17) is 4.84 Å². The van der Waals surface area contributed by atoms with Crippen molar-refractivity contribution in [1.29, 1.82) is 0 Å². The number of hydrogen-bond acceptors (Lipinski definition) is 7. The Hall–Kier alpha value is -2.13. The molecule has 1 saturated heterocycles. The third-order valence-corrected chi connectivity index (χ3v) is 10.0. The number of allylic oxidation sites excluding steroid dienone is 4. The first-order valence-electron chi connectivity index (χ1n) is 12.4. The number of aliphatic hydroxyl groups is 2. The van der Waals surface area contributed by atoms with Gasteiger partial charge in [0, 0.05) is 35.4 Å². The Morgan fingerprint density at radius 3 is 2.94 bits per heavy atom. The van der Waals surface area contributed by atoms with Crippen molar-refractivity contribution in [3.63, 3.8) is 0 Å². The largest absolute Gasteiger partial charge is 0.393 e. The summed E-state index contributed by atoms with van der Waals surface area (Å²) in [5.41, 5.74) is -0.0718. The molecule has 182 valence electrons. The smallest absolute Gasteiger partial charge is 0.192 e. The SMILES string of the molecule is CC12C=CC(=O)C=C1CCC1C2C(O)CC2(C)C1CC1CN(Cc3cnc[nH]3)OC12C(=O)CO. The van der Waals surface area contributed by atoms with Gasteiger partial charge >= 0.3 is 0 Å². The minimum Gasteiger partial charge on any atom is -0.393 e. The molecule has 1 aliphatic heterocycles. The molecule has 8 atom stereocenters. The second-order valence-corrected chi connectivity index (χ2v) is 11.5. The number of nitrogens with zero attached hydrogens (tertiary/aromatic N) is 2. The van der Waals surface area contributed by atoms with E-state index in [-0.39, 0.29) is 40.7 Å². The van der Waals surface area contributed by atoms with E-state index in [2.05, 4.69) is 23.8 Å². The van der Waals surface area contributed by atoms with Gasteiger partial charge in [-0.25, -0.2) is 4.98 Å². The number of Topliss-reactive ketones (excluding diaryl/α,β-unsaturated/α-hetero) is 1. The van der Waals surface area contributed by atoms with Gasteiger partial charge < -0.3 is 15.2 Å². The summed E-state index contributed by atoms with van der Waals surface area (Å²) in [6, 6.07) is 0. The monoisotopic (exact) mass is 467 g/mol.